The van der Waals surface area contributed by atoms with Gasteiger partial charge in [0.2, 0.25) is 5.91 Å². The second kappa shape index (κ2) is 7.83. The van der Waals surface area contributed by atoms with Gasteiger partial charge < -0.3 is 4.90 Å². The molecule has 2 heterocycles. The summed E-state index contributed by atoms with van der Waals surface area (Å²) in [6.45, 7) is 9.57. The van der Waals surface area contributed by atoms with Crippen LogP contribution in [-0.2, 0) is 17.9 Å². The average Bonchev–Trinajstić information content (AvgIpc) is 2.85. The van der Waals surface area contributed by atoms with Gasteiger partial charge in [-0.1, -0.05) is 37.3 Å². The molecule has 5 heteroatoms. The first-order valence-corrected chi connectivity index (χ1v) is 9.14. The second-order valence-corrected chi connectivity index (χ2v) is 6.97. The molecule has 1 aliphatic heterocycles. The van der Waals surface area contributed by atoms with E-state index < -0.39 is 0 Å². The van der Waals surface area contributed by atoms with E-state index in [1.807, 2.05) is 25.1 Å². The van der Waals surface area contributed by atoms with E-state index in [0.29, 0.717) is 13.0 Å². The van der Waals surface area contributed by atoms with Crippen molar-refractivity contribution in [3.63, 3.8) is 0 Å². The van der Waals surface area contributed by atoms with Gasteiger partial charge >= 0.3 is 0 Å². The number of nitrogens with one attached hydrogen (secondary N) is 1. The summed E-state index contributed by atoms with van der Waals surface area (Å²) in [5.41, 5.74) is 4.65. The molecular weight excluding hydrogens is 312 g/mol. The smallest absolute Gasteiger partial charge is 0.224 e. The summed E-state index contributed by atoms with van der Waals surface area (Å²) in [7, 11) is 0. The first-order chi connectivity index (χ1) is 12.1. The first-order valence-electron chi connectivity index (χ1n) is 9.14. The number of carbonyl (C=O) groups is 1. The Balaban J connectivity index is 1.74. The Hall–Kier alpha value is -2.14. The normalized spacial score (nSPS) is 19.2. The zero-order valence-corrected chi connectivity index (χ0v) is 15.5. The Morgan fingerprint density at radius 2 is 1.96 bits per heavy atom. The van der Waals surface area contributed by atoms with E-state index in [0.717, 1.165) is 37.4 Å². The summed E-state index contributed by atoms with van der Waals surface area (Å²) in [5, 5.41) is 7.36. The van der Waals surface area contributed by atoms with E-state index in [9.17, 15) is 4.79 Å². The van der Waals surface area contributed by atoms with Gasteiger partial charge in [-0.2, -0.15) is 5.10 Å². The topological polar surface area (TPSA) is 52.2 Å². The molecule has 0 spiro atoms. The van der Waals surface area contributed by atoms with Crippen LogP contribution in [0.25, 0.3) is 0 Å². The molecule has 0 radical (unpaired) electrons. The third-order valence-electron chi connectivity index (χ3n) is 5.20. The van der Waals surface area contributed by atoms with Gasteiger partial charge in [0.25, 0.3) is 0 Å². The number of carbonyl (C=O) groups excluding carboxylic acids is 1. The molecule has 0 saturated carbocycles. The maximum Gasteiger partial charge on any atom is 0.224 e. The molecule has 1 aromatic carbocycles. The van der Waals surface area contributed by atoms with Gasteiger partial charge in [-0.25, -0.2) is 0 Å². The van der Waals surface area contributed by atoms with Gasteiger partial charge in [0.15, 0.2) is 0 Å². The van der Waals surface area contributed by atoms with Gasteiger partial charge in [0, 0.05) is 49.9 Å². The van der Waals surface area contributed by atoms with Crippen molar-refractivity contribution in [2.24, 2.45) is 0 Å². The lowest BCUT2D eigenvalue weighted by Crippen LogP contribution is -2.42. The minimum atomic E-state index is 0.253. The number of aromatic nitrogens is 2. The maximum atomic E-state index is 12.8. The quantitative estimate of drug-likeness (QED) is 0.910. The van der Waals surface area contributed by atoms with Crippen molar-refractivity contribution in [3.05, 3.63) is 52.8 Å². The molecule has 25 heavy (non-hydrogen) atoms. The van der Waals surface area contributed by atoms with Crippen molar-refractivity contribution in [2.45, 2.75) is 52.7 Å². The van der Waals surface area contributed by atoms with E-state index in [1.54, 1.807) is 0 Å². The van der Waals surface area contributed by atoms with Crippen LogP contribution in [0.15, 0.2) is 30.3 Å². The number of amides is 1. The summed E-state index contributed by atoms with van der Waals surface area (Å²) in [6, 6.07) is 10.5. The number of H-pyrrole nitrogens is 1. The molecule has 2 aromatic rings. The summed E-state index contributed by atoms with van der Waals surface area (Å²) in [4.78, 5) is 17.2. The van der Waals surface area contributed by atoms with E-state index in [-0.39, 0.29) is 11.9 Å². The molecule has 1 atom stereocenters. The highest BCUT2D eigenvalue weighted by Gasteiger charge is 2.29. The lowest BCUT2D eigenvalue weighted by atomic mass is 10.1. The Kier molecular flexibility index (Phi) is 5.53. The third kappa shape index (κ3) is 4.10. The average molecular weight is 340 g/mol. The summed E-state index contributed by atoms with van der Waals surface area (Å²) < 4.78 is 0. The number of rotatable bonds is 5. The standard InChI is InChI=1S/C20H28N4O/c1-4-18-13-23(14-19-15(2)21-22-16(19)3)11-10-20(25)24(18)12-17-8-6-5-7-9-17/h5-9,18H,4,10-14H2,1-3H3,(H,21,22)/t18-/m1/s1. The number of nitrogens with zero attached hydrogens (tertiary/aromatic N) is 3. The third-order valence-corrected chi connectivity index (χ3v) is 5.20. The minimum Gasteiger partial charge on any atom is -0.334 e. The first kappa shape index (κ1) is 17.7. The van der Waals surface area contributed by atoms with Crippen LogP contribution in [-0.4, -0.2) is 45.0 Å². The van der Waals surface area contributed by atoms with Gasteiger partial charge in [-0.05, 0) is 25.8 Å². The molecular formula is C20H28N4O. The van der Waals surface area contributed by atoms with Crippen LogP contribution in [0.2, 0.25) is 0 Å². The molecule has 5 nitrogen and oxygen atoms in total. The van der Waals surface area contributed by atoms with E-state index >= 15 is 0 Å². The van der Waals surface area contributed by atoms with Crippen LogP contribution in [0.4, 0.5) is 0 Å². The zero-order chi connectivity index (χ0) is 17.8. The van der Waals surface area contributed by atoms with Crippen molar-refractivity contribution in [2.75, 3.05) is 13.1 Å². The highest BCUT2D eigenvalue weighted by molar-refractivity contribution is 5.77. The van der Waals surface area contributed by atoms with Gasteiger partial charge in [0.1, 0.15) is 0 Å². The zero-order valence-electron chi connectivity index (χ0n) is 15.5. The molecule has 3 rings (SSSR count). The molecule has 1 N–H and O–H groups in total. The number of aryl methyl sites for hydroxylation is 2. The minimum absolute atomic E-state index is 0.253. The fourth-order valence-electron chi connectivity index (χ4n) is 3.61. The molecule has 0 unspecified atom stereocenters. The fraction of sp³-hybridized carbons (Fsp3) is 0.500. The summed E-state index contributed by atoms with van der Waals surface area (Å²) in [6.07, 6.45) is 1.55. The van der Waals surface area contributed by atoms with Crippen molar-refractivity contribution in [1.29, 1.82) is 0 Å². The molecule has 134 valence electrons. The van der Waals surface area contributed by atoms with Gasteiger partial charge in [0.05, 0.1) is 5.69 Å². The molecule has 1 saturated heterocycles. The highest BCUT2D eigenvalue weighted by Crippen LogP contribution is 2.20. The van der Waals surface area contributed by atoms with Crippen LogP contribution in [0.3, 0.4) is 0 Å². The molecule has 1 amide bonds. The predicted molar refractivity (Wildman–Crippen MR) is 99.0 cm³/mol. The molecule has 1 aliphatic rings. The Morgan fingerprint density at radius 3 is 2.60 bits per heavy atom. The van der Waals surface area contributed by atoms with Crippen molar-refractivity contribution in [1.82, 2.24) is 20.0 Å². The summed E-state index contributed by atoms with van der Waals surface area (Å²) in [5.74, 6) is 0.263. The Morgan fingerprint density at radius 1 is 1.20 bits per heavy atom. The number of benzene rings is 1. The second-order valence-electron chi connectivity index (χ2n) is 6.97. The van der Waals surface area contributed by atoms with Crippen molar-refractivity contribution < 1.29 is 4.79 Å². The van der Waals surface area contributed by atoms with Gasteiger partial charge in [-0.3, -0.25) is 14.8 Å². The number of aromatic amines is 1. The lowest BCUT2D eigenvalue weighted by Gasteiger charge is -2.31. The van der Waals surface area contributed by atoms with E-state index in [4.69, 9.17) is 0 Å². The highest BCUT2D eigenvalue weighted by atomic mass is 16.2. The van der Waals surface area contributed by atoms with E-state index in [2.05, 4.69) is 46.0 Å². The van der Waals surface area contributed by atoms with Crippen LogP contribution in [0.5, 0.6) is 0 Å². The monoisotopic (exact) mass is 340 g/mol. The molecule has 1 fully saturated rings. The Labute approximate surface area is 150 Å². The number of hydrogen-bond acceptors (Lipinski definition) is 3. The van der Waals surface area contributed by atoms with Crippen LogP contribution in [0, 0.1) is 13.8 Å². The number of hydrogen-bond donors (Lipinski definition) is 1. The molecule has 1 aromatic heterocycles. The predicted octanol–water partition coefficient (Wildman–Crippen LogP) is 3.04. The van der Waals surface area contributed by atoms with Crippen LogP contribution in [0.1, 0.15) is 42.3 Å². The maximum absolute atomic E-state index is 12.8. The van der Waals surface area contributed by atoms with Crippen LogP contribution >= 0.6 is 0 Å². The molecule has 0 aliphatic carbocycles. The lowest BCUT2D eigenvalue weighted by molar-refractivity contribution is -0.133. The van der Waals surface area contributed by atoms with Crippen molar-refractivity contribution in [3.8, 4) is 0 Å². The van der Waals surface area contributed by atoms with E-state index in [1.165, 1.54) is 11.1 Å². The SMILES string of the molecule is CC[C@@H]1CN(Cc2c(C)n[nH]c2C)CCC(=O)N1Cc1ccccc1. The van der Waals surface area contributed by atoms with Crippen molar-refractivity contribution >= 4 is 5.91 Å². The summed E-state index contributed by atoms with van der Waals surface area (Å²) >= 11 is 0. The largest absolute Gasteiger partial charge is 0.334 e. The fourth-order valence-corrected chi connectivity index (χ4v) is 3.61. The Bertz CT molecular complexity index is 690. The van der Waals surface area contributed by atoms with Gasteiger partial charge in [-0.15, -0.1) is 0 Å². The van der Waals surface area contributed by atoms with Crippen LogP contribution < -0.4 is 0 Å². The molecule has 0 bridgehead atoms.